The number of fused-ring (bicyclic) bond motifs is 1. The zero-order valence-corrected chi connectivity index (χ0v) is 17.8. The Hall–Kier alpha value is -3.29. The van der Waals surface area contributed by atoms with E-state index < -0.39 is 0 Å². The maximum absolute atomic E-state index is 12.3. The Morgan fingerprint density at radius 2 is 1.87 bits per heavy atom. The predicted molar refractivity (Wildman–Crippen MR) is 126 cm³/mol. The zero-order chi connectivity index (χ0) is 20.9. The number of carbonyl (C=O) groups is 1. The average molecular weight is 434 g/mol. The van der Waals surface area contributed by atoms with E-state index in [9.17, 15) is 4.79 Å². The molecule has 0 aliphatic rings. The van der Waals surface area contributed by atoms with Crippen molar-refractivity contribution in [1.29, 1.82) is 0 Å². The summed E-state index contributed by atoms with van der Waals surface area (Å²) in [6.07, 6.45) is 0.774. The molecule has 0 aliphatic carbocycles. The van der Waals surface area contributed by atoms with Crippen LogP contribution in [-0.4, -0.2) is 23.1 Å². The second-order valence-corrected chi connectivity index (χ2v) is 8.11. The minimum absolute atomic E-state index is 0.238. The number of carbonyl (C=O) groups excluding carboxylic acids is 1. The first-order chi connectivity index (χ1) is 14.6. The monoisotopic (exact) mass is 433 g/mol. The molecule has 4 aromatic rings. The fourth-order valence-electron chi connectivity index (χ4n) is 2.98. The maximum atomic E-state index is 12.3. The van der Waals surface area contributed by atoms with Crippen LogP contribution in [0.15, 0.2) is 72.8 Å². The van der Waals surface area contributed by atoms with Crippen LogP contribution < -0.4 is 15.4 Å². The number of benzene rings is 3. The second-order valence-electron chi connectivity index (χ2n) is 6.59. The van der Waals surface area contributed by atoms with E-state index in [-0.39, 0.29) is 11.0 Å². The highest BCUT2D eigenvalue weighted by Crippen LogP contribution is 2.24. The first kappa shape index (κ1) is 20.0. The van der Waals surface area contributed by atoms with Crippen LogP contribution >= 0.6 is 23.6 Å². The Morgan fingerprint density at radius 3 is 2.63 bits per heavy atom. The molecule has 0 atom stereocenters. The number of thiocarbonyl (C=S) groups is 1. The molecule has 4 rings (SSSR count). The van der Waals surface area contributed by atoms with E-state index >= 15 is 0 Å². The van der Waals surface area contributed by atoms with Crippen molar-refractivity contribution in [2.24, 2.45) is 0 Å². The van der Waals surface area contributed by atoms with Crippen LogP contribution in [0.25, 0.3) is 10.2 Å². The van der Waals surface area contributed by atoms with Crippen molar-refractivity contribution in [2.45, 2.75) is 6.42 Å². The molecule has 0 saturated carbocycles. The number of nitrogens with one attached hydrogen (secondary N) is 2. The van der Waals surface area contributed by atoms with Gasteiger partial charge in [-0.15, -0.1) is 11.3 Å². The zero-order valence-electron chi connectivity index (χ0n) is 16.2. The number of thiazole rings is 1. The summed E-state index contributed by atoms with van der Waals surface area (Å²) >= 11 is 6.98. The van der Waals surface area contributed by atoms with Gasteiger partial charge in [-0.3, -0.25) is 10.1 Å². The number of aromatic nitrogens is 1. The summed E-state index contributed by atoms with van der Waals surface area (Å²) in [7, 11) is 1.56. The molecule has 0 aliphatic heterocycles. The van der Waals surface area contributed by atoms with Gasteiger partial charge in [0.25, 0.3) is 5.91 Å². The summed E-state index contributed by atoms with van der Waals surface area (Å²) in [6, 6.07) is 23.0. The smallest absolute Gasteiger partial charge is 0.257 e. The maximum Gasteiger partial charge on any atom is 0.257 e. The molecule has 1 aromatic heterocycles. The molecule has 30 heavy (non-hydrogen) atoms. The minimum atomic E-state index is -0.293. The third-order valence-electron chi connectivity index (χ3n) is 4.46. The van der Waals surface area contributed by atoms with E-state index in [0.29, 0.717) is 11.3 Å². The van der Waals surface area contributed by atoms with Crippen LogP contribution in [0.4, 0.5) is 5.69 Å². The SMILES string of the molecule is COc1cccc(C(=O)NC(=S)Nc2ccc(Cc3nc4ccccc4s3)cc2)c1. The molecule has 0 saturated heterocycles. The quantitative estimate of drug-likeness (QED) is 0.433. The lowest BCUT2D eigenvalue weighted by molar-refractivity contribution is 0.0977. The van der Waals surface area contributed by atoms with E-state index in [4.69, 9.17) is 17.0 Å². The number of methoxy groups -OCH3 is 1. The van der Waals surface area contributed by atoms with Gasteiger partial charge in [0, 0.05) is 17.7 Å². The standard InChI is InChI=1S/C23H19N3O2S2/c1-28-18-6-4-5-16(14-18)22(27)26-23(29)24-17-11-9-15(10-12-17)13-21-25-19-7-2-3-8-20(19)30-21/h2-12,14H,13H2,1H3,(H2,24,26,27,29). The number of nitrogens with zero attached hydrogens (tertiary/aromatic N) is 1. The summed E-state index contributed by atoms with van der Waals surface area (Å²) in [5, 5.41) is 7.04. The molecule has 7 heteroatoms. The number of amides is 1. The Balaban J connectivity index is 1.35. The number of para-hydroxylation sites is 1. The Labute approximate surface area is 183 Å². The largest absolute Gasteiger partial charge is 0.497 e. The molecule has 1 heterocycles. The van der Waals surface area contributed by atoms with E-state index in [0.717, 1.165) is 28.2 Å². The Morgan fingerprint density at radius 1 is 1.07 bits per heavy atom. The fraction of sp³-hybridized carbons (Fsp3) is 0.0870. The first-order valence-electron chi connectivity index (χ1n) is 9.30. The number of hydrogen-bond acceptors (Lipinski definition) is 5. The molecule has 2 N–H and O–H groups in total. The molecule has 1 amide bonds. The highest BCUT2D eigenvalue weighted by atomic mass is 32.1. The molecular formula is C23H19N3O2S2. The summed E-state index contributed by atoms with van der Waals surface area (Å²) in [4.78, 5) is 17.0. The van der Waals surface area contributed by atoms with Crippen molar-refractivity contribution < 1.29 is 9.53 Å². The van der Waals surface area contributed by atoms with Crippen molar-refractivity contribution >= 4 is 50.5 Å². The fourth-order valence-corrected chi connectivity index (χ4v) is 4.19. The van der Waals surface area contributed by atoms with Crippen molar-refractivity contribution in [1.82, 2.24) is 10.3 Å². The van der Waals surface area contributed by atoms with Gasteiger partial charge in [-0.05, 0) is 60.2 Å². The minimum Gasteiger partial charge on any atom is -0.497 e. The molecule has 150 valence electrons. The van der Waals surface area contributed by atoms with Crippen LogP contribution in [0, 0.1) is 0 Å². The molecule has 0 radical (unpaired) electrons. The van der Waals surface area contributed by atoms with Gasteiger partial charge < -0.3 is 10.1 Å². The average Bonchev–Trinajstić information content (AvgIpc) is 3.17. The van der Waals surface area contributed by atoms with Gasteiger partial charge in [-0.1, -0.05) is 30.3 Å². The molecular weight excluding hydrogens is 414 g/mol. The Kier molecular flexibility index (Phi) is 6.02. The summed E-state index contributed by atoms with van der Waals surface area (Å²) < 4.78 is 6.34. The van der Waals surface area contributed by atoms with E-state index in [1.807, 2.05) is 42.5 Å². The normalized spacial score (nSPS) is 10.6. The van der Waals surface area contributed by atoms with E-state index in [1.165, 1.54) is 4.70 Å². The number of hydrogen-bond donors (Lipinski definition) is 2. The van der Waals surface area contributed by atoms with E-state index in [2.05, 4.69) is 21.7 Å². The van der Waals surface area contributed by atoms with Crippen LogP contribution in [-0.2, 0) is 6.42 Å². The first-order valence-corrected chi connectivity index (χ1v) is 10.5. The molecule has 0 unspecified atom stereocenters. The summed E-state index contributed by atoms with van der Waals surface area (Å²) in [5.74, 6) is 0.323. The number of rotatable bonds is 5. The van der Waals surface area contributed by atoms with Gasteiger partial charge in [0.05, 0.1) is 22.3 Å². The molecule has 0 spiro atoms. The molecule has 3 aromatic carbocycles. The molecule has 0 bridgehead atoms. The van der Waals surface area contributed by atoms with Crippen molar-refractivity contribution in [3.63, 3.8) is 0 Å². The van der Waals surface area contributed by atoms with Gasteiger partial charge in [0.2, 0.25) is 0 Å². The van der Waals surface area contributed by atoms with Crippen LogP contribution in [0.2, 0.25) is 0 Å². The molecule has 0 fully saturated rings. The predicted octanol–water partition coefficient (Wildman–Crippen LogP) is 5.02. The van der Waals surface area contributed by atoms with Crippen molar-refractivity contribution in [3.8, 4) is 5.75 Å². The third-order valence-corrected chi connectivity index (χ3v) is 5.70. The van der Waals surface area contributed by atoms with Gasteiger partial charge >= 0.3 is 0 Å². The van der Waals surface area contributed by atoms with Crippen LogP contribution in [0.1, 0.15) is 20.9 Å². The molecule has 5 nitrogen and oxygen atoms in total. The summed E-state index contributed by atoms with van der Waals surface area (Å²) in [5.41, 5.74) is 3.47. The lowest BCUT2D eigenvalue weighted by atomic mass is 10.1. The summed E-state index contributed by atoms with van der Waals surface area (Å²) in [6.45, 7) is 0. The van der Waals surface area contributed by atoms with Gasteiger partial charge in [0.15, 0.2) is 5.11 Å². The number of anilines is 1. The van der Waals surface area contributed by atoms with Crippen molar-refractivity contribution in [3.05, 3.63) is 88.9 Å². The van der Waals surface area contributed by atoms with Gasteiger partial charge in [-0.2, -0.15) is 0 Å². The Bertz CT molecular complexity index is 1170. The van der Waals surface area contributed by atoms with Crippen molar-refractivity contribution in [2.75, 3.05) is 12.4 Å². The lowest BCUT2D eigenvalue weighted by Gasteiger charge is -2.10. The highest BCUT2D eigenvalue weighted by Gasteiger charge is 2.09. The topological polar surface area (TPSA) is 63.2 Å². The van der Waals surface area contributed by atoms with E-state index in [1.54, 1.807) is 42.7 Å². The van der Waals surface area contributed by atoms with Crippen LogP contribution in [0.3, 0.4) is 0 Å². The third kappa shape index (κ3) is 4.82. The lowest BCUT2D eigenvalue weighted by Crippen LogP contribution is -2.34. The number of ether oxygens (including phenoxy) is 1. The second kappa shape index (κ2) is 9.02. The van der Waals surface area contributed by atoms with Gasteiger partial charge in [0.1, 0.15) is 5.75 Å². The highest BCUT2D eigenvalue weighted by molar-refractivity contribution is 7.80. The van der Waals surface area contributed by atoms with Gasteiger partial charge in [-0.25, -0.2) is 4.98 Å². The van der Waals surface area contributed by atoms with Crippen LogP contribution in [0.5, 0.6) is 5.75 Å².